The second-order valence-electron chi connectivity index (χ2n) is 3.55. The second-order valence-corrected chi connectivity index (χ2v) is 3.91. The lowest BCUT2D eigenvalue weighted by molar-refractivity contribution is 0.301. The van der Waals surface area contributed by atoms with Crippen molar-refractivity contribution in [1.29, 1.82) is 0 Å². The molecular formula is C9H13ClN4O. The largest absolute Gasteiger partial charge is 0.395 e. The molecule has 1 fully saturated rings. The summed E-state index contributed by atoms with van der Waals surface area (Å²) in [6.07, 6.45) is 3.61. The molecule has 0 spiro atoms. The number of aliphatic hydroxyl groups is 1. The molecule has 0 bridgehead atoms. The minimum Gasteiger partial charge on any atom is -0.395 e. The average molecular weight is 229 g/mol. The minimum atomic E-state index is 0.0809. The molecule has 1 aliphatic carbocycles. The predicted octanol–water partition coefficient (Wildman–Crippen LogP) is 0.673. The number of nitrogens with zero attached hydrogens (tertiary/aromatic N) is 3. The summed E-state index contributed by atoms with van der Waals surface area (Å²) in [7, 11) is 0. The number of aliphatic hydroxyl groups excluding tert-OH is 1. The van der Waals surface area contributed by atoms with Crippen LogP contribution in [0.1, 0.15) is 12.8 Å². The van der Waals surface area contributed by atoms with E-state index in [4.69, 9.17) is 22.4 Å². The van der Waals surface area contributed by atoms with Crippen molar-refractivity contribution in [2.24, 2.45) is 0 Å². The highest BCUT2D eigenvalue weighted by Gasteiger charge is 2.31. The zero-order chi connectivity index (χ0) is 10.8. The molecule has 3 N–H and O–H groups in total. The van der Waals surface area contributed by atoms with E-state index in [1.165, 1.54) is 6.33 Å². The van der Waals surface area contributed by atoms with Gasteiger partial charge in [-0.05, 0) is 12.8 Å². The van der Waals surface area contributed by atoms with Gasteiger partial charge in [0.1, 0.15) is 12.0 Å². The van der Waals surface area contributed by atoms with Crippen LogP contribution in [-0.2, 0) is 0 Å². The van der Waals surface area contributed by atoms with Crippen molar-refractivity contribution in [2.45, 2.75) is 18.9 Å². The normalized spacial score (nSPS) is 15.3. The fourth-order valence-corrected chi connectivity index (χ4v) is 1.68. The number of hydrogen-bond acceptors (Lipinski definition) is 5. The number of anilines is 2. The standard InChI is InChI=1S/C9H13ClN4O/c10-8-7(11)9(13-5-12-8)14(3-4-15)6-1-2-6/h5-6,15H,1-4,11H2. The Bertz CT molecular complexity index is 356. The van der Waals surface area contributed by atoms with E-state index in [0.29, 0.717) is 24.1 Å². The number of nitrogens with two attached hydrogens (primary N) is 1. The van der Waals surface area contributed by atoms with E-state index in [1.807, 2.05) is 4.90 Å². The van der Waals surface area contributed by atoms with E-state index in [2.05, 4.69) is 9.97 Å². The molecule has 82 valence electrons. The molecule has 1 heterocycles. The Morgan fingerprint density at radius 1 is 1.53 bits per heavy atom. The molecule has 2 rings (SSSR count). The molecule has 0 radical (unpaired) electrons. The predicted molar refractivity (Wildman–Crippen MR) is 58.9 cm³/mol. The molecule has 1 aromatic heterocycles. The molecule has 0 unspecified atom stereocenters. The van der Waals surface area contributed by atoms with Crippen molar-refractivity contribution in [1.82, 2.24) is 9.97 Å². The quantitative estimate of drug-likeness (QED) is 0.741. The molecule has 5 nitrogen and oxygen atoms in total. The molecule has 0 aliphatic heterocycles. The van der Waals surface area contributed by atoms with Crippen molar-refractivity contribution in [3.05, 3.63) is 11.5 Å². The molecule has 6 heteroatoms. The summed E-state index contributed by atoms with van der Waals surface area (Å²) in [6, 6.07) is 0.436. The third-order valence-corrected chi connectivity index (χ3v) is 2.72. The summed E-state index contributed by atoms with van der Waals surface area (Å²) in [5.74, 6) is 0.631. The first-order valence-corrected chi connectivity index (χ1v) is 5.25. The Morgan fingerprint density at radius 2 is 2.27 bits per heavy atom. The van der Waals surface area contributed by atoms with E-state index in [0.717, 1.165) is 12.8 Å². The first kappa shape index (κ1) is 10.4. The van der Waals surface area contributed by atoms with Crippen molar-refractivity contribution in [2.75, 3.05) is 23.8 Å². The SMILES string of the molecule is Nc1c(Cl)ncnc1N(CCO)C1CC1. The molecule has 0 amide bonds. The third kappa shape index (κ3) is 2.13. The highest BCUT2D eigenvalue weighted by atomic mass is 35.5. The molecule has 0 saturated heterocycles. The van der Waals surface area contributed by atoms with Gasteiger partial charge in [-0.25, -0.2) is 9.97 Å². The Hall–Kier alpha value is -1.07. The van der Waals surface area contributed by atoms with Gasteiger partial charge in [-0.15, -0.1) is 0 Å². The van der Waals surface area contributed by atoms with Gasteiger partial charge in [0.05, 0.1) is 6.61 Å². The first-order valence-electron chi connectivity index (χ1n) is 4.87. The number of aromatic nitrogens is 2. The smallest absolute Gasteiger partial charge is 0.157 e. The monoisotopic (exact) mass is 228 g/mol. The first-order chi connectivity index (χ1) is 7.24. The van der Waals surface area contributed by atoms with Crippen LogP contribution in [0.5, 0.6) is 0 Å². The van der Waals surface area contributed by atoms with Gasteiger partial charge < -0.3 is 15.7 Å². The molecule has 1 aromatic rings. The van der Waals surface area contributed by atoms with Crippen LogP contribution in [0.4, 0.5) is 11.5 Å². The molecule has 0 aromatic carbocycles. The van der Waals surface area contributed by atoms with Gasteiger partial charge >= 0.3 is 0 Å². The molecule has 15 heavy (non-hydrogen) atoms. The lowest BCUT2D eigenvalue weighted by atomic mass is 10.4. The van der Waals surface area contributed by atoms with Crippen LogP contribution in [0, 0.1) is 0 Å². The van der Waals surface area contributed by atoms with Crippen LogP contribution in [0.3, 0.4) is 0 Å². The van der Waals surface area contributed by atoms with Gasteiger partial charge in [0.25, 0.3) is 0 Å². The van der Waals surface area contributed by atoms with Crippen molar-refractivity contribution >= 4 is 23.1 Å². The lowest BCUT2D eigenvalue weighted by Gasteiger charge is -2.23. The highest BCUT2D eigenvalue weighted by molar-refractivity contribution is 6.32. The second kappa shape index (κ2) is 4.20. The van der Waals surface area contributed by atoms with Crippen LogP contribution in [-0.4, -0.2) is 34.3 Å². The molecule has 1 saturated carbocycles. The van der Waals surface area contributed by atoms with E-state index < -0.39 is 0 Å². The van der Waals surface area contributed by atoms with Crippen LogP contribution < -0.4 is 10.6 Å². The van der Waals surface area contributed by atoms with Crippen molar-refractivity contribution in [3.63, 3.8) is 0 Å². The Balaban J connectivity index is 2.28. The maximum absolute atomic E-state index is 8.98. The average Bonchev–Trinajstić information content (AvgIpc) is 3.03. The van der Waals surface area contributed by atoms with Gasteiger partial charge in [0.2, 0.25) is 0 Å². The molecular weight excluding hydrogens is 216 g/mol. The summed E-state index contributed by atoms with van der Waals surface area (Å²) in [6.45, 7) is 0.611. The number of hydrogen-bond donors (Lipinski definition) is 2. The zero-order valence-corrected chi connectivity index (χ0v) is 8.98. The van der Waals surface area contributed by atoms with E-state index in [1.54, 1.807) is 0 Å². The van der Waals surface area contributed by atoms with Gasteiger partial charge in [-0.1, -0.05) is 11.6 Å². The lowest BCUT2D eigenvalue weighted by Crippen LogP contribution is -2.30. The van der Waals surface area contributed by atoms with Crippen molar-refractivity contribution < 1.29 is 5.11 Å². The van der Waals surface area contributed by atoms with Crippen molar-refractivity contribution in [3.8, 4) is 0 Å². The zero-order valence-electron chi connectivity index (χ0n) is 8.23. The summed E-state index contributed by atoms with van der Waals surface area (Å²) >= 11 is 5.82. The summed E-state index contributed by atoms with van der Waals surface area (Å²) < 4.78 is 0. The topological polar surface area (TPSA) is 75.3 Å². The van der Waals surface area contributed by atoms with E-state index >= 15 is 0 Å². The maximum Gasteiger partial charge on any atom is 0.157 e. The Kier molecular flexibility index (Phi) is 2.93. The minimum absolute atomic E-state index is 0.0809. The fourth-order valence-electron chi connectivity index (χ4n) is 1.55. The molecule has 0 atom stereocenters. The molecule has 1 aliphatic rings. The van der Waals surface area contributed by atoms with Gasteiger partial charge in [-0.3, -0.25) is 0 Å². The number of nitrogen functional groups attached to an aromatic ring is 1. The number of rotatable bonds is 4. The Morgan fingerprint density at radius 3 is 2.87 bits per heavy atom. The fraction of sp³-hybridized carbons (Fsp3) is 0.556. The third-order valence-electron chi connectivity index (χ3n) is 2.41. The maximum atomic E-state index is 8.98. The Labute approximate surface area is 92.9 Å². The summed E-state index contributed by atoms with van der Waals surface area (Å²) in [5.41, 5.74) is 6.19. The van der Waals surface area contributed by atoms with E-state index in [9.17, 15) is 0 Å². The van der Waals surface area contributed by atoms with Gasteiger partial charge in [0, 0.05) is 12.6 Å². The van der Waals surface area contributed by atoms with Crippen LogP contribution in [0.2, 0.25) is 5.15 Å². The van der Waals surface area contributed by atoms with E-state index in [-0.39, 0.29) is 11.8 Å². The van der Waals surface area contributed by atoms with Crippen LogP contribution >= 0.6 is 11.6 Å². The van der Waals surface area contributed by atoms with Gasteiger partial charge in [-0.2, -0.15) is 0 Å². The highest BCUT2D eigenvalue weighted by Crippen LogP contribution is 2.34. The summed E-state index contributed by atoms with van der Waals surface area (Å²) in [4.78, 5) is 9.90. The van der Waals surface area contributed by atoms with Crippen LogP contribution in [0.15, 0.2) is 6.33 Å². The summed E-state index contributed by atoms with van der Waals surface area (Å²) in [5, 5.41) is 9.24. The van der Waals surface area contributed by atoms with Crippen LogP contribution in [0.25, 0.3) is 0 Å². The van der Waals surface area contributed by atoms with Gasteiger partial charge in [0.15, 0.2) is 11.0 Å². The number of halogens is 1.